The van der Waals surface area contributed by atoms with Gasteiger partial charge < -0.3 is 10.2 Å². The molecule has 0 atom stereocenters. The zero-order valence-corrected chi connectivity index (χ0v) is 14.6. The highest BCUT2D eigenvalue weighted by Gasteiger charge is 2.12. The van der Waals surface area contributed by atoms with Gasteiger partial charge in [0.05, 0.1) is 0 Å². The lowest BCUT2D eigenvalue weighted by atomic mass is 10.2. The van der Waals surface area contributed by atoms with Crippen LogP contribution in [0.2, 0.25) is 0 Å². The van der Waals surface area contributed by atoms with Crippen LogP contribution in [0.15, 0.2) is 30.6 Å². The third-order valence-electron chi connectivity index (χ3n) is 3.72. The first-order chi connectivity index (χ1) is 11.6. The maximum Gasteiger partial charge on any atom is 0.270 e. The maximum atomic E-state index is 12.2. The van der Waals surface area contributed by atoms with Gasteiger partial charge in [-0.25, -0.2) is 9.97 Å². The Balaban J connectivity index is 2.02. The number of aryl methyl sites for hydroxylation is 1. The number of nitrogens with zero attached hydrogens (tertiary/aromatic N) is 4. The lowest BCUT2D eigenvalue weighted by Gasteiger charge is -2.18. The van der Waals surface area contributed by atoms with E-state index in [0.29, 0.717) is 18.2 Å². The molecule has 0 saturated heterocycles. The molecule has 2 rings (SSSR count). The van der Waals surface area contributed by atoms with Gasteiger partial charge in [-0.3, -0.25) is 9.78 Å². The van der Waals surface area contributed by atoms with Crippen LogP contribution in [-0.4, -0.2) is 41.0 Å². The highest BCUT2D eigenvalue weighted by Crippen LogP contribution is 2.10. The van der Waals surface area contributed by atoms with Crippen molar-refractivity contribution in [3.05, 3.63) is 47.5 Å². The summed E-state index contributed by atoms with van der Waals surface area (Å²) in [6, 6.07) is 5.72. The molecule has 0 fully saturated rings. The number of likely N-dealkylation sites (N-methyl/N-ethyl adjacent to an activating group) is 1. The molecule has 0 unspecified atom stereocenters. The molecule has 0 bridgehead atoms. The van der Waals surface area contributed by atoms with Crippen molar-refractivity contribution in [1.29, 1.82) is 0 Å². The summed E-state index contributed by atoms with van der Waals surface area (Å²) in [5.74, 6) is 0.433. The minimum Gasteiger partial charge on any atom is -0.351 e. The Labute approximate surface area is 143 Å². The van der Waals surface area contributed by atoms with Crippen molar-refractivity contribution in [2.45, 2.75) is 33.1 Å². The third-order valence-corrected chi connectivity index (χ3v) is 3.72. The molecule has 0 aliphatic carbocycles. The normalized spacial score (nSPS) is 10.5. The van der Waals surface area contributed by atoms with Crippen molar-refractivity contribution in [3.8, 4) is 0 Å². The van der Waals surface area contributed by atoms with Crippen LogP contribution >= 0.6 is 0 Å². The quantitative estimate of drug-likeness (QED) is 0.754. The minimum absolute atomic E-state index is 0.141. The number of carbonyl (C=O) groups is 1. The van der Waals surface area contributed by atoms with Crippen LogP contribution in [0.1, 0.15) is 41.5 Å². The van der Waals surface area contributed by atoms with E-state index < -0.39 is 0 Å². The average Bonchev–Trinajstić information content (AvgIpc) is 2.60. The second-order valence-electron chi connectivity index (χ2n) is 5.83. The summed E-state index contributed by atoms with van der Waals surface area (Å²) in [4.78, 5) is 27.1. The molecule has 128 valence electrons. The summed E-state index contributed by atoms with van der Waals surface area (Å²) in [6.07, 6.45) is 6.46. The van der Waals surface area contributed by atoms with Gasteiger partial charge in [-0.05, 0) is 43.5 Å². The molecule has 0 aliphatic rings. The standard InChI is InChI=1S/C18H25N5O/c1-4-5-9-20-17(24)16-13-14(2)21-18(22-16)23(3)12-8-15-6-10-19-11-7-15/h6-7,10-11,13H,4-5,8-9,12H2,1-3H3,(H,20,24). The molecule has 6 nitrogen and oxygen atoms in total. The predicted octanol–water partition coefficient (Wildman–Crippen LogP) is 2.39. The number of carbonyl (C=O) groups excluding carboxylic acids is 1. The largest absolute Gasteiger partial charge is 0.351 e. The molecule has 2 aromatic rings. The fraction of sp³-hybridized carbons (Fsp3) is 0.444. The molecular formula is C18H25N5O. The van der Waals surface area contributed by atoms with Crippen LogP contribution in [0.4, 0.5) is 5.95 Å². The highest BCUT2D eigenvalue weighted by molar-refractivity contribution is 5.92. The summed E-state index contributed by atoms with van der Waals surface area (Å²) in [7, 11) is 1.94. The molecule has 0 saturated carbocycles. The van der Waals surface area contributed by atoms with Crippen LogP contribution in [0.3, 0.4) is 0 Å². The van der Waals surface area contributed by atoms with Crippen molar-refractivity contribution in [1.82, 2.24) is 20.3 Å². The van der Waals surface area contributed by atoms with E-state index in [1.54, 1.807) is 18.5 Å². The van der Waals surface area contributed by atoms with Crippen molar-refractivity contribution in [2.24, 2.45) is 0 Å². The maximum absolute atomic E-state index is 12.2. The van der Waals surface area contributed by atoms with Crippen molar-refractivity contribution < 1.29 is 4.79 Å². The van der Waals surface area contributed by atoms with Crippen LogP contribution < -0.4 is 10.2 Å². The monoisotopic (exact) mass is 327 g/mol. The molecule has 0 spiro atoms. The Bertz CT molecular complexity index is 660. The Hall–Kier alpha value is -2.50. The molecule has 1 amide bonds. The van der Waals surface area contributed by atoms with Crippen molar-refractivity contribution in [3.63, 3.8) is 0 Å². The van der Waals surface area contributed by atoms with Gasteiger partial charge in [-0.2, -0.15) is 0 Å². The molecule has 24 heavy (non-hydrogen) atoms. The van der Waals surface area contributed by atoms with Crippen LogP contribution in [0, 0.1) is 6.92 Å². The number of nitrogens with one attached hydrogen (secondary N) is 1. The van der Waals surface area contributed by atoms with Crippen LogP contribution in [0.25, 0.3) is 0 Å². The minimum atomic E-state index is -0.141. The zero-order chi connectivity index (χ0) is 17.4. The first-order valence-electron chi connectivity index (χ1n) is 8.34. The van der Waals surface area contributed by atoms with E-state index in [1.165, 1.54) is 5.56 Å². The van der Waals surface area contributed by atoms with Crippen LogP contribution in [0.5, 0.6) is 0 Å². The lowest BCUT2D eigenvalue weighted by Crippen LogP contribution is -2.28. The second-order valence-corrected chi connectivity index (χ2v) is 5.83. The summed E-state index contributed by atoms with van der Waals surface area (Å²) in [5.41, 5.74) is 2.42. The second kappa shape index (κ2) is 8.96. The first-order valence-corrected chi connectivity index (χ1v) is 8.34. The van der Waals surface area contributed by atoms with Crippen LogP contribution in [-0.2, 0) is 6.42 Å². The SMILES string of the molecule is CCCCNC(=O)c1cc(C)nc(N(C)CCc2ccncc2)n1. The Morgan fingerprint density at radius 3 is 2.71 bits per heavy atom. The zero-order valence-electron chi connectivity index (χ0n) is 14.6. The van der Waals surface area contributed by atoms with Gasteiger partial charge in [0.2, 0.25) is 5.95 Å². The number of hydrogen-bond acceptors (Lipinski definition) is 5. The van der Waals surface area contributed by atoms with E-state index in [4.69, 9.17) is 0 Å². The fourth-order valence-electron chi connectivity index (χ4n) is 2.26. The summed E-state index contributed by atoms with van der Waals surface area (Å²) in [5, 5.41) is 2.90. The van der Waals surface area contributed by atoms with Crippen molar-refractivity contribution in [2.75, 3.05) is 25.0 Å². The molecule has 0 radical (unpaired) electrons. The molecular weight excluding hydrogens is 302 g/mol. The number of rotatable bonds is 8. The van der Waals surface area contributed by atoms with Gasteiger partial charge in [0.25, 0.3) is 5.91 Å². The average molecular weight is 327 g/mol. The van der Waals surface area contributed by atoms with Gasteiger partial charge >= 0.3 is 0 Å². The summed E-state index contributed by atoms with van der Waals surface area (Å²) in [6.45, 7) is 5.41. The first kappa shape index (κ1) is 17.8. The van der Waals surface area contributed by atoms with E-state index in [1.807, 2.05) is 31.0 Å². The number of unbranched alkanes of at least 4 members (excludes halogenated alkanes) is 1. The molecule has 1 N–H and O–H groups in total. The summed E-state index contributed by atoms with van der Waals surface area (Å²) >= 11 is 0. The molecule has 0 aromatic carbocycles. The highest BCUT2D eigenvalue weighted by atomic mass is 16.1. The smallest absolute Gasteiger partial charge is 0.270 e. The van der Waals surface area contributed by atoms with Crippen molar-refractivity contribution >= 4 is 11.9 Å². The molecule has 6 heteroatoms. The van der Waals surface area contributed by atoms with Gasteiger partial charge in [0.1, 0.15) is 5.69 Å². The van der Waals surface area contributed by atoms with E-state index >= 15 is 0 Å². The van der Waals surface area contributed by atoms with E-state index in [2.05, 4.69) is 27.2 Å². The van der Waals surface area contributed by atoms with E-state index in [-0.39, 0.29) is 5.91 Å². The number of hydrogen-bond donors (Lipinski definition) is 1. The van der Waals surface area contributed by atoms with Gasteiger partial charge in [-0.15, -0.1) is 0 Å². The topological polar surface area (TPSA) is 71.0 Å². The van der Waals surface area contributed by atoms with E-state index in [0.717, 1.165) is 31.5 Å². The van der Waals surface area contributed by atoms with Gasteiger partial charge in [0.15, 0.2) is 0 Å². The third kappa shape index (κ3) is 5.30. The fourth-order valence-corrected chi connectivity index (χ4v) is 2.26. The summed E-state index contributed by atoms with van der Waals surface area (Å²) < 4.78 is 0. The number of anilines is 1. The molecule has 0 aliphatic heterocycles. The van der Waals surface area contributed by atoms with E-state index in [9.17, 15) is 4.79 Å². The van der Waals surface area contributed by atoms with Gasteiger partial charge in [0, 0.05) is 38.2 Å². The molecule has 2 aromatic heterocycles. The number of pyridine rings is 1. The van der Waals surface area contributed by atoms with Gasteiger partial charge in [-0.1, -0.05) is 13.3 Å². The molecule has 2 heterocycles. The lowest BCUT2D eigenvalue weighted by molar-refractivity contribution is 0.0948. The number of amides is 1. The Morgan fingerprint density at radius 2 is 2.00 bits per heavy atom. The number of aromatic nitrogens is 3. The Morgan fingerprint density at radius 1 is 1.25 bits per heavy atom. The Kier molecular flexibility index (Phi) is 6.66. The predicted molar refractivity (Wildman–Crippen MR) is 95.2 cm³/mol.